The summed E-state index contributed by atoms with van der Waals surface area (Å²) in [7, 11) is 0. The molecule has 70 valence electrons. The fraction of sp³-hybridized carbons (Fsp3) is 0.667. The highest BCUT2D eigenvalue weighted by molar-refractivity contribution is 5.21. The van der Waals surface area contributed by atoms with Crippen molar-refractivity contribution in [1.29, 1.82) is 0 Å². The third kappa shape index (κ3) is 5.17. The van der Waals surface area contributed by atoms with Gasteiger partial charge in [0.15, 0.2) is 0 Å². The summed E-state index contributed by atoms with van der Waals surface area (Å²) in [6.45, 7) is 8.86. The van der Waals surface area contributed by atoms with Gasteiger partial charge >= 0.3 is 0 Å². The molecule has 0 unspecified atom stereocenters. The lowest BCUT2D eigenvalue weighted by Crippen LogP contribution is -1.79. The van der Waals surface area contributed by atoms with Crippen LogP contribution in [-0.2, 0) is 0 Å². The molecule has 0 nitrogen and oxygen atoms in total. The van der Waals surface area contributed by atoms with Crippen LogP contribution in [0.3, 0.4) is 0 Å². The molecule has 0 amide bonds. The molecule has 0 heterocycles. The minimum Gasteiger partial charge on any atom is -0.0816 e. The number of unbranched alkanes of at least 4 members (excludes halogenated alkanes) is 1. The first-order chi connectivity index (χ1) is 5.74. The van der Waals surface area contributed by atoms with Crippen LogP contribution in [0.25, 0.3) is 0 Å². The number of allylic oxidation sites excluding steroid dienone is 4. The molecule has 0 aromatic rings. The molecular formula is C12H22. The number of hydrogen-bond donors (Lipinski definition) is 0. The molecule has 12 heavy (non-hydrogen) atoms. The lowest BCUT2D eigenvalue weighted by atomic mass is 10.1. The Bertz CT molecular complexity index is 155. The second-order valence-corrected chi connectivity index (χ2v) is 3.25. The molecule has 0 N–H and O–H groups in total. The van der Waals surface area contributed by atoms with Gasteiger partial charge in [0.05, 0.1) is 0 Å². The Morgan fingerprint density at radius 3 is 2.08 bits per heavy atom. The van der Waals surface area contributed by atoms with Crippen molar-refractivity contribution in [1.82, 2.24) is 0 Å². The van der Waals surface area contributed by atoms with Crippen LogP contribution < -0.4 is 0 Å². The zero-order valence-electron chi connectivity index (χ0n) is 8.98. The molecule has 0 aromatic carbocycles. The summed E-state index contributed by atoms with van der Waals surface area (Å²) in [5.74, 6) is 0. The van der Waals surface area contributed by atoms with Crippen molar-refractivity contribution in [2.24, 2.45) is 0 Å². The van der Waals surface area contributed by atoms with E-state index < -0.39 is 0 Å². The van der Waals surface area contributed by atoms with Gasteiger partial charge in [-0.3, -0.25) is 0 Å². The Kier molecular flexibility index (Phi) is 6.84. The molecule has 0 aromatic heterocycles. The Labute approximate surface area is 77.4 Å². The quantitative estimate of drug-likeness (QED) is 0.528. The van der Waals surface area contributed by atoms with Crippen molar-refractivity contribution in [3.63, 3.8) is 0 Å². The molecule has 0 fully saturated rings. The van der Waals surface area contributed by atoms with Crippen LogP contribution in [0, 0.1) is 0 Å². The molecule has 0 atom stereocenters. The standard InChI is InChI=1S/C12H22/c1-5-8-9-11(4)10-12(6-2)7-3/h9-10H,5-8H2,1-4H3. The number of hydrogen-bond acceptors (Lipinski definition) is 0. The van der Waals surface area contributed by atoms with Crippen molar-refractivity contribution >= 4 is 0 Å². The summed E-state index contributed by atoms with van der Waals surface area (Å²) in [6.07, 6.45) is 9.49. The van der Waals surface area contributed by atoms with Gasteiger partial charge in [-0.25, -0.2) is 0 Å². The summed E-state index contributed by atoms with van der Waals surface area (Å²) in [5.41, 5.74) is 2.98. The SMILES string of the molecule is CCCC=C(C)C=C(CC)CC. The van der Waals surface area contributed by atoms with Crippen LogP contribution in [0.2, 0.25) is 0 Å². The van der Waals surface area contributed by atoms with E-state index in [1.165, 1.54) is 31.3 Å². The zero-order valence-corrected chi connectivity index (χ0v) is 8.98. The lowest BCUT2D eigenvalue weighted by molar-refractivity contribution is 0.945. The van der Waals surface area contributed by atoms with Gasteiger partial charge in [0.1, 0.15) is 0 Å². The fourth-order valence-electron chi connectivity index (χ4n) is 1.21. The molecule has 0 saturated heterocycles. The van der Waals surface area contributed by atoms with E-state index in [4.69, 9.17) is 0 Å². The highest BCUT2D eigenvalue weighted by Crippen LogP contribution is 2.10. The van der Waals surface area contributed by atoms with E-state index >= 15 is 0 Å². The maximum absolute atomic E-state index is 2.33. The Morgan fingerprint density at radius 2 is 1.67 bits per heavy atom. The lowest BCUT2D eigenvalue weighted by Gasteiger charge is -2.00. The first-order valence-electron chi connectivity index (χ1n) is 5.10. The molecule has 0 saturated carbocycles. The molecule has 0 spiro atoms. The monoisotopic (exact) mass is 166 g/mol. The van der Waals surface area contributed by atoms with Gasteiger partial charge < -0.3 is 0 Å². The minimum absolute atomic E-state index is 1.19. The molecule has 0 radical (unpaired) electrons. The van der Waals surface area contributed by atoms with Gasteiger partial charge in [0, 0.05) is 0 Å². The molecule has 0 rings (SSSR count). The van der Waals surface area contributed by atoms with Crippen LogP contribution in [-0.4, -0.2) is 0 Å². The maximum Gasteiger partial charge on any atom is -0.0346 e. The van der Waals surface area contributed by atoms with Gasteiger partial charge in [-0.05, 0) is 26.2 Å². The first kappa shape index (κ1) is 11.5. The molecule has 0 aliphatic heterocycles. The summed E-state index contributed by atoms with van der Waals surface area (Å²) < 4.78 is 0. The Hall–Kier alpha value is -0.520. The highest BCUT2D eigenvalue weighted by Gasteiger charge is 1.89. The summed E-state index contributed by atoms with van der Waals surface area (Å²) >= 11 is 0. The topological polar surface area (TPSA) is 0 Å². The molecule has 0 heteroatoms. The largest absolute Gasteiger partial charge is 0.0816 e. The third-order valence-corrected chi connectivity index (χ3v) is 2.10. The van der Waals surface area contributed by atoms with Gasteiger partial charge in [0.25, 0.3) is 0 Å². The second-order valence-electron chi connectivity index (χ2n) is 3.25. The van der Waals surface area contributed by atoms with Crippen LogP contribution in [0.4, 0.5) is 0 Å². The third-order valence-electron chi connectivity index (χ3n) is 2.10. The smallest absolute Gasteiger partial charge is 0.0346 e. The van der Waals surface area contributed by atoms with E-state index in [-0.39, 0.29) is 0 Å². The minimum atomic E-state index is 1.19. The van der Waals surface area contributed by atoms with Crippen molar-refractivity contribution in [3.05, 3.63) is 23.3 Å². The van der Waals surface area contributed by atoms with Crippen LogP contribution in [0.15, 0.2) is 23.3 Å². The van der Waals surface area contributed by atoms with Crippen LogP contribution >= 0.6 is 0 Å². The van der Waals surface area contributed by atoms with Crippen molar-refractivity contribution in [3.8, 4) is 0 Å². The van der Waals surface area contributed by atoms with E-state index in [9.17, 15) is 0 Å². The number of rotatable bonds is 5. The van der Waals surface area contributed by atoms with E-state index in [2.05, 4.69) is 39.8 Å². The second kappa shape index (κ2) is 7.15. The Morgan fingerprint density at radius 1 is 1.08 bits per heavy atom. The summed E-state index contributed by atoms with van der Waals surface area (Å²) in [4.78, 5) is 0. The normalized spacial score (nSPS) is 11.5. The zero-order chi connectivity index (χ0) is 9.40. The molecule has 0 aliphatic rings. The van der Waals surface area contributed by atoms with E-state index in [0.29, 0.717) is 0 Å². The van der Waals surface area contributed by atoms with Crippen LogP contribution in [0.5, 0.6) is 0 Å². The van der Waals surface area contributed by atoms with Crippen molar-refractivity contribution < 1.29 is 0 Å². The molecule has 0 bridgehead atoms. The Balaban J connectivity index is 4.09. The van der Waals surface area contributed by atoms with E-state index in [1.54, 1.807) is 5.57 Å². The maximum atomic E-state index is 2.33. The van der Waals surface area contributed by atoms with E-state index in [1.807, 2.05) is 0 Å². The van der Waals surface area contributed by atoms with Gasteiger partial charge in [-0.1, -0.05) is 50.5 Å². The van der Waals surface area contributed by atoms with Gasteiger partial charge in [-0.15, -0.1) is 0 Å². The van der Waals surface area contributed by atoms with E-state index in [0.717, 1.165) is 0 Å². The average Bonchev–Trinajstić information content (AvgIpc) is 2.10. The van der Waals surface area contributed by atoms with Gasteiger partial charge in [-0.2, -0.15) is 0 Å². The van der Waals surface area contributed by atoms with Crippen molar-refractivity contribution in [2.75, 3.05) is 0 Å². The van der Waals surface area contributed by atoms with Crippen LogP contribution in [0.1, 0.15) is 53.4 Å². The highest BCUT2D eigenvalue weighted by atomic mass is 14.0. The molecular weight excluding hydrogens is 144 g/mol. The summed E-state index contributed by atoms with van der Waals surface area (Å²) in [5, 5.41) is 0. The summed E-state index contributed by atoms with van der Waals surface area (Å²) in [6, 6.07) is 0. The average molecular weight is 166 g/mol. The predicted molar refractivity (Wildman–Crippen MR) is 57.3 cm³/mol. The van der Waals surface area contributed by atoms with Gasteiger partial charge in [0.2, 0.25) is 0 Å². The van der Waals surface area contributed by atoms with Crippen molar-refractivity contribution in [2.45, 2.75) is 53.4 Å². The predicted octanol–water partition coefficient (Wildman–Crippen LogP) is 4.48. The fourth-order valence-corrected chi connectivity index (χ4v) is 1.21. The first-order valence-corrected chi connectivity index (χ1v) is 5.10. The molecule has 0 aliphatic carbocycles.